The number of ether oxygens (including phenoxy) is 1. The summed E-state index contributed by atoms with van der Waals surface area (Å²) in [7, 11) is -2.58. The van der Waals surface area contributed by atoms with Gasteiger partial charge < -0.3 is 15.0 Å². The van der Waals surface area contributed by atoms with Gasteiger partial charge in [0, 0.05) is 13.1 Å². The molecule has 0 aliphatic carbocycles. The Balaban J connectivity index is 1.96. The lowest BCUT2D eigenvalue weighted by molar-refractivity contribution is -0.138. The van der Waals surface area contributed by atoms with E-state index < -0.39 is 28.5 Å². The molecule has 0 unspecified atom stereocenters. The first-order valence-electron chi connectivity index (χ1n) is 13.0. The van der Waals surface area contributed by atoms with Gasteiger partial charge in [-0.3, -0.25) is 13.9 Å². The van der Waals surface area contributed by atoms with Gasteiger partial charge in [0.15, 0.2) is 0 Å². The van der Waals surface area contributed by atoms with Crippen LogP contribution in [0.5, 0.6) is 5.75 Å². The number of hydrogen-bond donors (Lipinski definition) is 1. The van der Waals surface area contributed by atoms with E-state index in [0.717, 1.165) is 21.9 Å². The third kappa shape index (κ3) is 7.83. The molecule has 1 N–H and O–H groups in total. The Labute approximate surface area is 231 Å². The number of amides is 2. The molecule has 3 aromatic rings. The highest BCUT2D eigenvalue weighted by molar-refractivity contribution is 7.92. The number of nitrogens with zero attached hydrogens (tertiary/aromatic N) is 2. The summed E-state index contributed by atoms with van der Waals surface area (Å²) < 4.78 is 34.0. The van der Waals surface area contributed by atoms with E-state index in [1.54, 1.807) is 43.3 Å². The number of benzene rings is 3. The number of nitrogens with one attached hydrogen (secondary N) is 1. The number of sulfonamides is 1. The Morgan fingerprint density at radius 3 is 2.18 bits per heavy atom. The molecular formula is C30H37N3O5S. The Hall–Kier alpha value is -3.85. The molecule has 0 bridgehead atoms. The fourth-order valence-electron chi connectivity index (χ4n) is 4.08. The predicted octanol–water partition coefficient (Wildman–Crippen LogP) is 4.18. The van der Waals surface area contributed by atoms with Gasteiger partial charge in [-0.05, 0) is 68.7 Å². The van der Waals surface area contributed by atoms with Crippen LogP contribution < -0.4 is 14.4 Å². The molecule has 2 amide bonds. The molecule has 0 aliphatic rings. The van der Waals surface area contributed by atoms with Crippen molar-refractivity contribution in [3.63, 3.8) is 0 Å². The second-order valence-electron chi connectivity index (χ2n) is 9.31. The summed E-state index contributed by atoms with van der Waals surface area (Å²) in [5, 5.41) is 2.85. The normalized spacial score (nSPS) is 11.9. The molecule has 0 heterocycles. The summed E-state index contributed by atoms with van der Waals surface area (Å²) in [6.45, 7) is 5.76. The molecule has 0 spiro atoms. The minimum atomic E-state index is -4.10. The first-order valence-corrected chi connectivity index (χ1v) is 14.5. The molecule has 0 aliphatic heterocycles. The van der Waals surface area contributed by atoms with Crippen molar-refractivity contribution in [2.24, 2.45) is 0 Å². The molecule has 0 radical (unpaired) electrons. The van der Waals surface area contributed by atoms with Gasteiger partial charge in [-0.2, -0.15) is 0 Å². The van der Waals surface area contributed by atoms with Gasteiger partial charge in [-0.15, -0.1) is 0 Å². The third-order valence-corrected chi connectivity index (χ3v) is 8.24. The van der Waals surface area contributed by atoms with Crippen molar-refractivity contribution < 1.29 is 22.7 Å². The lowest BCUT2D eigenvalue weighted by Crippen LogP contribution is -2.52. The van der Waals surface area contributed by atoms with Crippen LogP contribution in [-0.2, 0) is 26.0 Å². The Kier molecular flexibility index (Phi) is 10.5. The zero-order chi connectivity index (χ0) is 28.4. The van der Waals surface area contributed by atoms with Crippen LogP contribution in [0.4, 0.5) is 5.69 Å². The van der Waals surface area contributed by atoms with Crippen molar-refractivity contribution >= 4 is 27.5 Å². The maximum atomic E-state index is 13.8. The number of methoxy groups -OCH3 is 1. The molecule has 1 atom stereocenters. The summed E-state index contributed by atoms with van der Waals surface area (Å²) in [4.78, 5) is 28.3. The SMILES string of the molecule is CCCNC(=O)[C@H](C)N(CCc1ccccc1)C(=O)CN(c1ccc(OC)cc1)S(=O)(=O)c1ccc(C)cc1. The van der Waals surface area contributed by atoms with Gasteiger partial charge in [0.25, 0.3) is 10.0 Å². The number of anilines is 1. The maximum Gasteiger partial charge on any atom is 0.264 e. The van der Waals surface area contributed by atoms with E-state index in [1.807, 2.05) is 44.2 Å². The molecule has 3 aromatic carbocycles. The first kappa shape index (κ1) is 29.7. The summed E-state index contributed by atoms with van der Waals surface area (Å²) in [5.41, 5.74) is 2.24. The van der Waals surface area contributed by atoms with Gasteiger partial charge >= 0.3 is 0 Å². The summed E-state index contributed by atoms with van der Waals surface area (Å²) >= 11 is 0. The topological polar surface area (TPSA) is 96.0 Å². The molecular weight excluding hydrogens is 514 g/mol. The van der Waals surface area contributed by atoms with E-state index in [1.165, 1.54) is 24.1 Å². The van der Waals surface area contributed by atoms with Gasteiger partial charge in [-0.1, -0.05) is 55.0 Å². The standard InChI is InChI=1S/C30H37N3O5S/c1-5-20-31-30(35)24(3)32(21-19-25-9-7-6-8-10-25)29(34)22-33(26-13-15-27(38-4)16-14-26)39(36,37)28-17-11-23(2)12-18-28/h6-18,24H,5,19-22H2,1-4H3,(H,31,35)/t24-/m0/s1. The largest absolute Gasteiger partial charge is 0.497 e. The van der Waals surface area contributed by atoms with E-state index in [9.17, 15) is 18.0 Å². The molecule has 9 heteroatoms. The van der Waals surface area contributed by atoms with Crippen molar-refractivity contribution in [2.75, 3.05) is 31.0 Å². The van der Waals surface area contributed by atoms with Gasteiger partial charge in [0.05, 0.1) is 17.7 Å². The van der Waals surface area contributed by atoms with Crippen molar-refractivity contribution in [2.45, 2.75) is 44.6 Å². The average Bonchev–Trinajstić information content (AvgIpc) is 2.95. The molecule has 3 rings (SSSR count). The fourth-order valence-corrected chi connectivity index (χ4v) is 5.49. The van der Waals surface area contributed by atoms with Crippen LogP contribution in [0.2, 0.25) is 0 Å². The first-order chi connectivity index (χ1) is 18.7. The number of hydrogen-bond acceptors (Lipinski definition) is 5. The Bertz CT molecular complexity index is 1330. The Morgan fingerprint density at radius 2 is 1.59 bits per heavy atom. The maximum absolute atomic E-state index is 13.8. The molecule has 0 fully saturated rings. The van der Waals surface area contributed by atoms with Crippen LogP contribution in [0.15, 0.2) is 83.8 Å². The van der Waals surface area contributed by atoms with E-state index in [0.29, 0.717) is 24.4 Å². The number of rotatable bonds is 13. The van der Waals surface area contributed by atoms with Crippen molar-refractivity contribution in [3.05, 3.63) is 90.0 Å². The molecule has 0 aromatic heterocycles. The van der Waals surface area contributed by atoms with E-state index in [-0.39, 0.29) is 17.3 Å². The summed E-state index contributed by atoms with van der Waals surface area (Å²) in [6, 6.07) is 21.8. The summed E-state index contributed by atoms with van der Waals surface area (Å²) in [5.74, 6) is -0.198. The van der Waals surface area contributed by atoms with Crippen LogP contribution in [0.1, 0.15) is 31.4 Å². The number of carbonyl (C=O) groups is 2. The van der Waals surface area contributed by atoms with Gasteiger partial charge in [0.1, 0.15) is 18.3 Å². The van der Waals surface area contributed by atoms with Gasteiger partial charge in [-0.25, -0.2) is 8.42 Å². The van der Waals surface area contributed by atoms with Crippen molar-refractivity contribution in [3.8, 4) is 5.75 Å². The van der Waals surface area contributed by atoms with Crippen LogP contribution in [0, 0.1) is 6.92 Å². The second kappa shape index (κ2) is 13.8. The minimum Gasteiger partial charge on any atom is -0.497 e. The van der Waals surface area contributed by atoms with Crippen LogP contribution >= 0.6 is 0 Å². The summed E-state index contributed by atoms with van der Waals surface area (Å²) in [6.07, 6.45) is 1.28. The van der Waals surface area contributed by atoms with Crippen LogP contribution in [0.3, 0.4) is 0 Å². The predicted molar refractivity (Wildman–Crippen MR) is 153 cm³/mol. The van der Waals surface area contributed by atoms with Crippen molar-refractivity contribution in [1.82, 2.24) is 10.2 Å². The molecule has 208 valence electrons. The highest BCUT2D eigenvalue weighted by Crippen LogP contribution is 2.26. The smallest absolute Gasteiger partial charge is 0.264 e. The number of carbonyl (C=O) groups excluding carboxylic acids is 2. The lowest BCUT2D eigenvalue weighted by Gasteiger charge is -2.32. The highest BCUT2D eigenvalue weighted by atomic mass is 32.2. The fraction of sp³-hybridized carbons (Fsp3) is 0.333. The third-order valence-electron chi connectivity index (χ3n) is 6.45. The highest BCUT2D eigenvalue weighted by Gasteiger charge is 2.32. The zero-order valence-electron chi connectivity index (χ0n) is 23.0. The quantitative estimate of drug-likeness (QED) is 0.344. The monoisotopic (exact) mass is 551 g/mol. The number of aryl methyl sites for hydroxylation is 1. The van der Waals surface area contributed by atoms with E-state index in [2.05, 4.69) is 5.32 Å². The van der Waals surface area contributed by atoms with Gasteiger partial charge in [0.2, 0.25) is 11.8 Å². The van der Waals surface area contributed by atoms with E-state index >= 15 is 0 Å². The lowest BCUT2D eigenvalue weighted by atomic mass is 10.1. The Morgan fingerprint density at radius 1 is 0.949 bits per heavy atom. The minimum absolute atomic E-state index is 0.0706. The average molecular weight is 552 g/mol. The molecule has 8 nitrogen and oxygen atoms in total. The second-order valence-corrected chi connectivity index (χ2v) is 11.2. The van der Waals surface area contributed by atoms with Crippen molar-refractivity contribution in [1.29, 1.82) is 0 Å². The van der Waals surface area contributed by atoms with Crippen LogP contribution in [0.25, 0.3) is 0 Å². The zero-order valence-corrected chi connectivity index (χ0v) is 23.8. The molecule has 0 saturated heterocycles. The van der Waals surface area contributed by atoms with E-state index in [4.69, 9.17) is 4.74 Å². The molecule has 39 heavy (non-hydrogen) atoms. The molecule has 0 saturated carbocycles. The van der Waals surface area contributed by atoms with Crippen LogP contribution in [-0.4, -0.2) is 57.9 Å².